The summed E-state index contributed by atoms with van der Waals surface area (Å²) >= 11 is 0. The van der Waals surface area contributed by atoms with Gasteiger partial charge in [0.05, 0.1) is 0 Å². The average molecular weight is 297 g/mol. The van der Waals surface area contributed by atoms with Gasteiger partial charge in [0.25, 0.3) is 5.91 Å². The van der Waals surface area contributed by atoms with Gasteiger partial charge < -0.3 is 16.0 Å². The van der Waals surface area contributed by atoms with Gasteiger partial charge in [-0.05, 0) is 36.8 Å². The fraction of sp³-hybridized carbons (Fsp3) is 0.176. The number of urea groups is 1. The Labute approximate surface area is 129 Å². The summed E-state index contributed by atoms with van der Waals surface area (Å²) in [6.07, 6.45) is 0. The Bertz CT molecular complexity index is 641. The highest BCUT2D eigenvalue weighted by Gasteiger charge is 2.04. The van der Waals surface area contributed by atoms with Crippen LogP contribution in [0.25, 0.3) is 0 Å². The molecule has 0 aliphatic rings. The van der Waals surface area contributed by atoms with Crippen molar-refractivity contribution in [3.8, 4) is 0 Å². The van der Waals surface area contributed by atoms with E-state index in [-0.39, 0.29) is 11.9 Å². The summed E-state index contributed by atoms with van der Waals surface area (Å²) in [5.74, 6) is -0.151. The molecule has 0 aliphatic heterocycles. The molecule has 0 bridgehead atoms. The van der Waals surface area contributed by atoms with Gasteiger partial charge in [-0.2, -0.15) is 0 Å². The normalized spacial score (nSPS) is 9.86. The Balaban J connectivity index is 1.68. The monoisotopic (exact) mass is 297 g/mol. The van der Waals surface area contributed by atoms with Gasteiger partial charge in [-0.15, -0.1) is 0 Å². The van der Waals surface area contributed by atoms with Gasteiger partial charge in [0.2, 0.25) is 0 Å². The van der Waals surface area contributed by atoms with Crippen LogP contribution in [0.15, 0.2) is 54.6 Å². The van der Waals surface area contributed by atoms with Crippen molar-refractivity contribution in [2.75, 3.05) is 18.4 Å². The number of rotatable bonds is 5. The van der Waals surface area contributed by atoms with Crippen LogP contribution in [0.3, 0.4) is 0 Å². The summed E-state index contributed by atoms with van der Waals surface area (Å²) in [4.78, 5) is 23.5. The molecule has 0 saturated carbocycles. The van der Waals surface area contributed by atoms with Crippen LogP contribution in [0.1, 0.15) is 15.9 Å². The van der Waals surface area contributed by atoms with E-state index in [2.05, 4.69) is 16.0 Å². The van der Waals surface area contributed by atoms with Crippen molar-refractivity contribution in [2.24, 2.45) is 0 Å². The molecule has 0 heterocycles. The van der Waals surface area contributed by atoms with E-state index in [0.717, 1.165) is 11.3 Å². The first kappa shape index (κ1) is 15.6. The van der Waals surface area contributed by atoms with Gasteiger partial charge in [0.1, 0.15) is 0 Å². The number of nitrogens with one attached hydrogen (secondary N) is 3. The Morgan fingerprint density at radius 1 is 0.909 bits per heavy atom. The molecule has 2 aromatic carbocycles. The van der Waals surface area contributed by atoms with Gasteiger partial charge in [0, 0.05) is 24.3 Å². The summed E-state index contributed by atoms with van der Waals surface area (Å²) < 4.78 is 0. The lowest BCUT2D eigenvalue weighted by Crippen LogP contribution is -2.36. The molecule has 2 aromatic rings. The van der Waals surface area contributed by atoms with E-state index < -0.39 is 0 Å². The molecule has 0 saturated heterocycles. The van der Waals surface area contributed by atoms with E-state index in [4.69, 9.17) is 0 Å². The minimum atomic E-state index is -0.292. The van der Waals surface area contributed by atoms with E-state index in [1.54, 1.807) is 12.1 Å². The topological polar surface area (TPSA) is 70.2 Å². The highest BCUT2D eigenvalue weighted by molar-refractivity contribution is 5.94. The molecule has 0 radical (unpaired) electrons. The van der Waals surface area contributed by atoms with Crippen molar-refractivity contribution in [2.45, 2.75) is 6.92 Å². The molecule has 0 aromatic heterocycles. The van der Waals surface area contributed by atoms with Gasteiger partial charge >= 0.3 is 6.03 Å². The van der Waals surface area contributed by atoms with Crippen molar-refractivity contribution in [3.63, 3.8) is 0 Å². The summed E-state index contributed by atoms with van der Waals surface area (Å²) in [6, 6.07) is 16.2. The molecule has 0 aliphatic carbocycles. The molecule has 22 heavy (non-hydrogen) atoms. The van der Waals surface area contributed by atoms with Crippen molar-refractivity contribution >= 4 is 17.6 Å². The molecule has 0 spiro atoms. The van der Waals surface area contributed by atoms with Crippen LogP contribution >= 0.6 is 0 Å². The van der Waals surface area contributed by atoms with Crippen LogP contribution in [0.4, 0.5) is 10.5 Å². The standard InChI is InChI=1S/C17H19N3O2/c1-13-6-5-9-15(12-13)20-17(22)19-11-10-18-16(21)14-7-3-2-4-8-14/h2-9,12H,10-11H2,1H3,(H,18,21)(H2,19,20,22). The lowest BCUT2D eigenvalue weighted by atomic mass is 10.2. The molecule has 5 nitrogen and oxygen atoms in total. The lowest BCUT2D eigenvalue weighted by Gasteiger charge is -2.09. The molecule has 114 valence electrons. The van der Waals surface area contributed by atoms with Crippen molar-refractivity contribution < 1.29 is 9.59 Å². The Kier molecular flexibility index (Phi) is 5.54. The van der Waals surface area contributed by atoms with Gasteiger partial charge in [-0.3, -0.25) is 4.79 Å². The Hall–Kier alpha value is -2.82. The van der Waals surface area contributed by atoms with E-state index in [1.807, 2.05) is 49.4 Å². The first-order valence-corrected chi connectivity index (χ1v) is 7.10. The summed E-state index contributed by atoms with van der Waals surface area (Å²) in [5, 5.41) is 8.18. The molecule has 5 heteroatoms. The third kappa shape index (κ3) is 4.94. The van der Waals surface area contributed by atoms with Crippen LogP contribution in [0.2, 0.25) is 0 Å². The van der Waals surface area contributed by atoms with Crippen LogP contribution in [0, 0.1) is 6.92 Å². The fourth-order valence-electron chi connectivity index (χ4n) is 1.94. The maximum Gasteiger partial charge on any atom is 0.319 e. The largest absolute Gasteiger partial charge is 0.350 e. The minimum Gasteiger partial charge on any atom is -0.350 e. The quantitative estimate of drug-likeness (QED) is 0.742. The van der Waals surface area contributed by atoms with E-state index in [9.17, 15) is 9.59 Å². The summed E-state index contributed by atoms with van der Waals surface area (Å²) in [5.41, 5.74) is 2.42. The number of anilines is 1. The van der Waals surface area contributed by atoms with Gasteiger partial charge in [-0.1, -0.05) is 30.3 Å². The maximum absolute atomic E-state index is 11.8. The number of benzene rings is 2. The van der Waals surface area contributed by atoms with E-state index in [0.29, 0.717) is 18.7 Å². The zero-order valence-electron chi connectivity index (χ0n) is 12.4. The molecule has 2 rings (SSSR count). The predicted octanol–water partition coefficient (Wildman–Crippen LogP) is 2.55. The molecule has 0 fully saturated rings. The van der Waals surface area contributed by atoms with Crippen molar-refractivity contribution in [1.82, 2.24) is 10.6 Å². The average Bonchev–Trinajstić information content (AvgIpc) is 2.52. The third-order valence-corrected chi connectivity index (χ3v) is 3.01. The smallest absolute Gasteiger partial charge is 0.319 e. The Morgan fingerprint density at radius 2 is 1.64 bits per heavy atom. The molecule has 0 unspecified atom stereocenters. The van der Waals surface area contributed by atoms with Crippen molar-refractivity contribution in [3.05, 3.63) is 65.7 Å². The predicted molar refractivity (Wildman–Crippen MR) is 87.0 cm³/mol. The lowest BCUT2D eigenvalue weighted by molar-refractivity contribution is 0.0954. The molecule has 3 N–H and O–H groups in total. The SMILES string of the molecule is Cc1cccc(NC(=O)NCCNC(=O)c2ccccc2)c1. The van der Waals surface area contributed by atoms with Crippen LogP contribution in [-0.4, -0.2) is 25.0 Å². The second kappa shape index (κ2) is 7.83. The number of hydrogen-bond donors (Lipinski definition) is 3. The highest BCUT2D eigenvalue weighted by atomic mass is 16.2. The number of carbonyl (C=O) groups excluding carboxylic acids is 2. The molecule has 3 amide bonds. The minimum absolute atomic E-state index is 0.151. The first-order valence-electron chi connectivity index (χ1n) is 7.10. The second-order valence-corrected chi connectivity index (χ2v) is 4.87. The second-order valence-electron chi connectivity index (χ2n) is 4.87. The van der Waals surface area contributed by atoms with Crippen molar-refractivity contribution in [1.29, 1.82) is 0 Å². The zero-order chi connectivity index (χ0) is 15.8. The number of aryl methyl sites for hydroxylation is 1. The summed E-state index contributed by atoms with van der Waals surface area (Å²) in [7, 11) is 0. The molecular formula is C17H19N3O2. The number of hydrogen-bond acceptors (Lipinski definition) is 2. The van der Waals surface area contributed by atoms with Crippen LogP contribution in [-0.2, 0) is 0 Å². The van der Waals surface area contributed by atoms with E-state index >= 15 is 0 Å². The van der Waals surface area contributed by atoms with Gasteiger partial charge in [-0.25, -0.2) is 4.79 Å². The zero-order valence-corrected chi connectivity index (χ0v) is 12.4. The van der Waals surface area contributed by atoms with Gasteiger partial charge in [0.15, 0.2) is 0 Å². The maximum atomic E-state index is 11.8. The molecule has 0 atom stereocenters. The molecular weight excluding hydrogens is 278 g/mol. The highest BCUT2D eigenvalue weighted by Crippen LogP contribution is 2.08. The van der Waals surface area contributed by atoms with Crippen LogP contribution < -0.4 is 16.0 Å². The fourth-order valence-corrected chi connectivity index (χ4v) is 1.94. The van der Waals surface area contributed by atoms with E-state index in [1.165, 1.54) is 0 Å². The summed E-state index contributed by atoms with van der Waals surface area (Å²) in [6.45, 7) is 2.69. The van der Waals surface area contributed by atoms with Crippen LogP contribution in [0.5, 0.6) is 0 Å². The first-order chi connectivity index (χ1) is 10.6. The number of amides is 3. The third-order valence-electron chi connectivity index (χ3n) is 3.01. The Morgan fingerprint density at radius 3 is 2.36 bits per heavy atom. The number of carbonyl (C=O) groups is 2.